The Morgan fingerprint density at radius 1 is 1.73 bits per heavy atom. The third-order valence-electron chi connectivity index (χ3n) is 1.77. The number of rotatable bonds is 0. The van der Waals surface area contributed by atoms with Crippen molar-refractivity contribution in [2.75, 3.05) is 20.2 Å². The highest BCUT2D eigenvalue weighted by Crippen LogP contribution is 2.08. The van der Waals surface area contributed by atoms with Crippen LogP contribution in [-0.4, -0.2) is 48.4 Å². The molecule has 5 nitrogen and oxygen atoms in total. The maximum absolute atomic E-state index is 10.8. The van der Waals surface area contributed by atoms with E-state index in [4.69, 9.17) is 10.8 Å². The second-order valence-corrected chi connectivity index (χ2v) is 2.61. The van der Waals surface area contributed by atoms with E-state index in [1.807, 2.05) is 0 Å². The molecule has 1 saturated heterocycles. The summed E-state index contributed by atoms with van der Waals surface area (Å²) < 4.78 is 4.45. The van der Waals surface area contributed by atoms with Gasteiger partial charge in [-0.25, -0.2) is 4.79 Å². The van der Waals surface area contributed by atoms with Gasteiger partial charge in [-0.1, -0.05) is 0 Å². The van der Waals surface area contributed by atoms with Crippen molar-refractivity contribution in [3.8, 4) is 0 Å². The van der Waals surface area contributed by atoms with Crippen LogP contribution < -0.4 is 5.73 Å². The Labute approximate surface area is 64.7 Å². The minimum atomic E-state index is -0.617. The Balaban J connectivity index is 2.46. The van der Waals surface area contributed by atoms with Crippen molar-refractivity contribution in [3.63, 3.8) is 0 Å². The molecule has 0 aromatic heterocycles. The summed E-state index contributed by atoms with van der Waals surface area (Å²) >= 11 is 0. The van der Waals surface area contributed by atoms with E-state index in [9.17, 15) is 4.79 Å². The van der Waals surface area contributed by atoms with E-state index in [1.54, 1.807) is 0 Å². The lowest BCUT2D eigenvalue weighted by molar-refractivity contribution is 0.121. The van der Waals surface area contributed by atoms with Gasteiger partial charge in [0.1, 0.15) is 0 Å². The van der Waals surface area contributed by atoms with Crippen molar-refractivity contribution in [2.24, 2.45) is 5.73 Å². The van der Waals surface area contributed by atoms with E-state index in [0.29, 0.717) is 6.54 Å². The summed E-state index contributed by atoms with van der Waals surface area (Å²) in [7, 11) is 1.30. The molecule has 2 unspecified atom stereocenters. The Morgan fingerprint density at radius 3 is 2.73 bits per heavy atom. The monoisotopic (exact) mass is 160 g/mol. The number of methoxy groups -OCH3 is 1. The van der Waals surface area contributed by atoms with Gasteiger partial charge in [-0.2, -0.15) is 0 Å². The quantitative estimate of drug-likeness (QED) is 0.464. The zero-order valence-corrected chi connectivity index (χ0v) is 6.36. The van der Waals surface area contributed by atoms with Crippen molar-refractivity contribution >= 4 is 6.09 Å². The lowest BCUT2D eigenvalue weighted by Crippen LogP contribution is -2.33. The topological polar surface area (TPSA) is 75.8 Å². The molecule has 1 amide bonds. The molecule has 1 heterocycles. The normalized spacial score (nSPS) is 30.6. The molecule has 2 atom stereocenters. The van der Waals surface area contributed by atoms with Crippen molar-refractivity contribution in [3.05, 3.63) is 0 Å². The standard InChI is InChI=1S/C6H12N2O3/c1-11-6(10)8-2-4(7)5(9)3-8/h4-5,9H,2-3,7H2,1H3. The van der Waals surface area contributed by atoms with E-state index in [1.165, 1.54) is 12.0 Å². The molecular weight excluding hydrogens is 148 g/mol. The number of hydrogen-bond acceptors (Lipinski definition) is 4. The molecule has 0 spiro atoms. The van der Waals surface area contributed by atoms with Gasteiger partial charge in [0, 0.05) is 6.54 Å². The van der Waals surface area contributed by atoms with Crippen molar-refractivity contribution in [2.45, 2.75) is 12.1 Å². The Kier molecular flexibility index (Phi) is 2.31. The molecule has 3 N–H and O–H groups in total. The van der Waals surface area contributed by atoms with Crippen LogP contribution in [-0.2, 0) is 4.74 Å². The number of nitrogens with two attached hydrogens (primary N) is 1. The van der Waals surface area contributed by atoms with Crippen LogP contribution in [0.3, 0.4) is 0 Å². The van der Waals surface area contributed by atoms with E-state index >= 15 is 0 Å². The average molecular weight is 160 g/mol. The maximum Gasteiger partial charge on any atom is 0.409 e. The molecule has 0 radical (unpaired) electrons. The van der Waals surface area contributed by atoms with Gasteiger partial charge in [0.2, 0.25) is 0 Å². The first kappa shape index (κ1) is 8.29. The minimum Gasteiger partial charge on any atom is -0.453 e. The van der Waals surface area contributed by atoms with Gasteiger partial charge in [0.25, 0.3) is 0 Å². The summed E-state index contributed by atoms with van der Waals surface area (Å²) in [5.41, 5.74) is 5.46. The van der Waals surface area contributed by atoms with Crippen LogP contribution in [0.25, 0.3) is 0 Å². The first-order chi connectivity index (χ1) is 5.15. The Bertz CT molecular complexity index is 152. The molecule has 11 heavy (non-hydrogen) atoms. The summed E-state index contributed by atoms with van der Waals surface area (Å²) in [4.78, 5) is 12.2. The lowest BCUT2D eigenvalue weighted by Gasteiger charge is -2.12. The van der Waals surface area contributed by atoms with Crippen LogP contribution in [0.15, 0.2) is 0 Å². The van der Waals surface area contributed by atoms with Crippen LogP contribution >= 0.6 is 0 Å². The molecule has 0 aromatic rings. The minimum absolute atomic E-state index is 0.272. The number of carbonyl (C=O) groups is 1. The molecule has 0 aliphatic carbocycles. The van der Waals surface area contributed by atoms with Gasteiger partial charge in [0.05, 0.1) is 25.8 Å². The van der Waals surface area contributed by atoms with Crippen molar-refractivity contribution in [1.29, 1.82) is 0 Å². The summed E-state index contributed by atoms with van der Waals surface area (Å²) in [5, 5.41) is 9.14. The average Bonchev–Trinajstić information content (AvgIpc) is 2.31. The number of hydrogen-bond donors (Lipinski definition) is 2. The molecule has 0 bridgehead atoms. The molecule has 0 saturated carbocycles. The fraction of sp³-hybridized carbons (Fsp3) is 0.833. The molecule has 64 valence electrons. The smallest absolute Gasteiger partial charge is 0.409 e. The fourth-order valence-electron chi connectivity index (χ4n) is 1.09. The van der Waals surface area contributed by atoms with Crippen LogP contribution in [0.5, 0.6) is 0 Å². The molecule has 1 aliphatic heterocycles. The van der Waals surface area contributed by atoms with E-state index < -0.39 is 12.2 Å². The SMILES string of the molecule is COC(=O)N1CC(N)C(O)C1. The summed E-state index contributed by atoms with van der Waals surface area (Å²) in [6.07, 6.45) is -1.05. The number of carbonyl (C=O) groups excluding carboxylic acids is 1. The highest BCUT2D eigenvalue weighted by molar-refractivity contribution is 5.68. The second-order valence-electron chi connectivity index (χ2n) is 2.61. The summed E-state index contributed by atoms with van der Waals surface area (Å²) in [5.74, 6) is 0. The predicted octanol–water partition coefficient (Wildman–Crippen LogP) is -1.24. The third kappa shape index (κ3) is 1.61. The molecule has 5 heteroatoms. The zero-order valence-electron chi connectivity index (χ0n) is 6.36. The zero-order chi connectivity index (χ0) is 8.43. The second kappa shape index (κ2) is 3.06. The lowest BCUT2D eigenvalue weighted by atomic mass is 10.2. The first-order valence-corrected chi connectivity index (χ1v) is 3.41. The van der Waals surface area contributed by atoms with Crippen molar-refractivity contribution < 1.29 is 14.6 Å². The molecule has 1 aliphatic rings. The highest BCUT2D eigenvalue weighted by Gasteiger charge is 2.31. The molecule has 1 rings (SSSR count). The van der Waals surface area contributed by atoms with Gasteiger partial charge in [-0.05, 0) is 0 Å². The predicted molar refractivity (Wildman–Crippen MR) is 38.0 cm³/mol. The van der Waals surface area contributed by atoms with E-state index in [0.717, 1.165) is 0 Å². The van der Waals surface area contributed by atoms with Gasteiger partial charge >= 0.3 is 6.09 Å². The highest BCUT2D eigenvalue weighted by atomic mass is 16.5. The first-order valence-electron chi connectivity index (χ1n) is 3.41. The van der Waals surface area contributed by atoms with Crippen molar-refractivity contribution in [1.82, 2.24) is 4.90 Å². The Hall–Kier alpha value is -0.810. The summed E-state index contributed by atoms with van der Waals surface area (Å²) in [6, 6.07) is -0.339. The fourth-order valence-corrected chi connectivity index (χ4v) is 1.09. The van der Waals surface area contributed by atoms with Crippen LogP contribution in [0.2, 0.25) is 0 Å². The van der Waals surface area contributed by atoms with Gasteiger partial charge in [-0.3, -0.25) is 0 Å². The van der Waals surface area contributed by atoms with Crippen LogP contribution in [0, 0.1) is 0 Å². The van der Waals surface area contributed by atoms with Gasteiger partial charge in [0.15, 0.2) is 0 Å². The van der Waals surface area contributed by atoms with Crippen LogP contribution in [0.4, 0.5) is 4.79 Å². The van der Waals surface area contributed by atoms with E-state index in [-0.39, 0.29) is 12.6 Å². The number of aliphatic hydroxyl groups is 1. The number of nitrogens with zero attached hydrogens (tertiary/aromatic N) is 1. The number of likely N-dealkylation sites (tertiary alicyclic amines) is 1. The summed E-state index contributed by atoms with van der Waals surface area (Å²) in [6.45, 7) is 0.641. The third-order valence-corrected chi connectivity index (χ3v) is 1.77. The van der Waals surface area contributed by atoms with Gasteiger partial charge in [-0.15, -0.1) is 0 Å². The number of β-amino-alcohol motifs (C(OH)–C–C–N with tert-alkyl or cyclic N) is 1. The number of aliphatic hydroxyl groups excluding tert-OH is 1. The van der Waals surface area contributed by atoms with Gasteiger partial charge < -0.3 is 20.5 Å². The molecule has 1 fully saturated rings. The largest absolute Gasteiger partial charge is 0.453 e. The van der Waals surface area contributed by atoms with E-state index in [2.05, 4.69) is 4.74 Å². The Morgan fingerprint density at radius 2 is 2.36 bits per heavy atom. The maximum atomic E-state index is 10.8. The molecular formula is C6H12N2O3. The van der Waals surface area contributed by atoms with Crippen LogP contribution in [0.1, 0.15) is 0 Å². The number of amides is 1. The number of ether oxygens (including phenoxy) is 1. The molecule has 0 aromatic carbocycles.